The van der Waals surface area contributed by atoms with E-state index in [9.17, 15) is 0 Å². The molecule has 0 aliphatic heterocycles. The Hall–Kier alpha value is -1.92. The molecule has 0 aromatic heterocycles. The molecule has 6 heteroatoms. The minimum Gasteiger partial charge on any atom is -0.489 e. The van der Waals surface area contributed by atoms with E-state index in [4.69, 9.17) is 18.9 Å². The molecule has 0 aliphatic rings. The molecular weight excluding hydrogens is 896 g/mol. The first-order chi connectivity index (χ1) is 29.5. The van der Waals surface area contributed by atoms with Gasteiger partial charge in [0.15, 0.2) is 23.0 Å². The molecule has 350 valence electrons. The quantitative estimate of drug-likeness (QED) is 0.0457. The van der Waals surface area contributed by atoms with Gasteiger partial charge in [0.2, 0.25) is 0 Å². The van der Waals surface area contributed by atoms with Crippen molar-refractivity contribution in [1.29, 1.82) is 0 Å². The molecule has 0 saturated heterocycles. The van der Waals surface area contributed by atoms with Crippen molar-refractivity contribution in [3.05, 3.63) is 33.2 Å². The number of ether oxygens (including phenoxy) is 4. The zero-order valence-corrected chi connectivity index (χ0v) is 44.6. The van der Waals surface area contributed by atoms with Crippen LogP contribution in [0.3, 0.4) is 0 Å². The van der Waals surface area contributed by atoms with Gasteiger partial charge in [-0.15, -0.1) is 0 Å². The van der Waals surface area contributed by atoms with Gasteiger partial charge >= 0.3 is 0 Å². The molecule has 0 heterocycles. The van der Waals surface area contributed by atoms with Crippen molar-refractivity contribution in [2.75, 3.05) is 26.4 Å². The van der Waals surface area contributed by atoms with Gasteiger partial charge in [0.25, 0.3) is 0 Å². The molecule has 0 N–H and O–H groups in total. The van der Waals surface area contributed by atoms with E-state index in [1.807, 2.05) is 0 Å². The van der Waals surface area contributed by atoms with E-state index in [2.05, 4.69) is 139 Å². The second kappa shape index (κ2) is 26.9. The Morgan fingerprint density at radius 2 is 0.532 bits per heavy atom. The van der Waals surface area contributed by atoms with Crippen LogP contribution in [-0.4, -0.2) is 26.4 Å². The highest BCUT2D eigenvalue weighted by molar-refractivity contribution is 9.10. The fourth-order valence-electron chi connectivity index (χ4n) is 9.06. The summed E-state index contributed by atoms with van der Waals surface area (Å²) in [6, 6.07) is 8.97. The van der Waals surface area contributed by atoms with Gasteiger partial charge in [0.1, 0.15) is 0 Å². The van der Waals surface area contributed by atoms with Crippen molar-refractivity contribution in [3.63, 3.8) is 0 Å². The van der Waals surface area contributed by atoms with Crippen molar-refractivity contribution in [2.24, 2.45) is 47.3 Å². The van der Waals surface area contributed by atoms with Gasteiger partial charge in [-0.05, 0) is 97.3 Å². The summed E-state index contributed by atoms with van der Waals surface area (Å²) in [6.07, 6.45) is 19.1. The SMILES string of the molecule is CC(C)CCCC(C)CCOc1c(OCCC(C)CCCC(C)C)c2cc(Br)cc3c(OCCC(C)CCCC(C)C)c(OCCC(C)CCCC(C)C)c4cc(Br)cc1c4c23. The van der Waals surface area contributed by atoms with E-state index in [0.29, 0.717) is 50.1 Å². The highest BCUT2D eigenvalue weighted by atomic mass is 79.9. The van der Waals surface area contributed by atoms with Crippen LogP contribution in [0.4, 0.5) is 0 Å². The maximum absolute atomic E-state index is 7.04. The lowest BCUT2D eigenvalue weighted by molar-refractivity contribution is 0.241. The Morgan fingerprint density at radius 1 is 0.323 bits per heavy atom. The monoisotopic (exact) mass is 983 g/mol. The average Bonchev–Trinajstić information content (AvgIpc) is 3.18. The third-order valence-corrected chi connectivity index (χ3v) is 14.1. The second-order valence-electron chi connectivity index (χ2n) is 21.3. The first kappa shape index (κ1) is 52.7. The molecule has 0 amide bonds. The first-order valence-electron chi connectivity index (χ1n) is 25.2. The number of hydrogen-bond acceptors (Lipinski definition) is 4. The third kappa shape index (κ3) is 16.8. The zero-order valence-electron chi connectivity index (χ0n) is 41.5. The van der Waals surface area contributed by atoms with Gasteiger partial charge < -0.3 is 18.9 Å². The number of hydrogen-bond donors (Lipinski definition) is 0. The van der Waals surface area contributed by atoms with Crippen molar-refractivity contribution < 1.29 is 18.9 Å². The van der Waals surface area contributed by atoms with Crippen LogP contribution in [0.15, 0.2) is 33.2 Å². The topological polar surface area (TPSA) is 36.9 Å². The first-order valence-corrected chi connectivity index (χ1v) is 26.8. The molecule has 0 fully saturated rings. The van der Waals surface area contributed by atoms with Crippen LogP contribution in [0.25, 0.3) is 32.3 Å². The fourth-order valence-corrected chi connectivity index (χ4v) is 9.97. The van der Waals surface area contributed by atoms with E-state index >= 15 is 0 Å². The molecule has 4 aromatic carbocycles. The zero-order chi connectivity index (χ0) is 45.3. The molecule has 4 nitrogen and oxygen atoms in total. The Labute approximate surface area is 396 Å². The molecule has 62 heavy (non-hydrogen) atoms. The smallest absolute Gasteiger partial charge is 0.169 e. The molecule has 4 atom stereocenters. The van der Waals surface area contributed by atoms with Crippen molar-refractivity contribution in [2.45, 2.75) is 186 Å². The van der Waals surface area contributed by atoms with Crippen LogP contribution in [-0.2, 0) is 0 Å². The Kier molecular flexibility index (Phi) is 22.9. The Bertz CT molecular complexity index is 1620. The van der Waals surface area contributed by atoms with Gasteiger partial charge in [-0.2, -0.15) is 0 Å². The lowest BCUT2D eigenvalue weighted by Gasteiger charge is -2.25. The molecule has 0 bridgehead atoms. The van der Waals surface area contributed by atoms with Crippen LogP contribution in [0.2, 0.25) is 0 Å². The summed E-state index contributed by atoms with van der Waals surface area (Å²) in [4.78, 5) is 0. The van der Waals surface area contributed by atoms with Crippen LogP contribution in [0, 0.1) is 47.3 Å². The summed E-state index contributed by atoms with van der Waals surface area (Å²) in [6.45, 7) is 30.7. The summed E-state index contributed by atoms with van der Waals surface area (Å²) in [7, 11) is 0. The molecular formula is C56H88Br2O4. The molecule has 0 aliphatic carbocycles. The Balaban J connectivity index is 1.82. The standard InChI is InChI=1S/C56H88Br2O4/c1-37(2)17-13-21-41(9)25-29-59-53-47-33-45(57)35-49-51(47)52-48(54(53)60-30-26-42(10)22-14-18-38(3)4)34-46(58)36-50(52)56(62-32-28-44(12)24-16-20-40(7)8)55(49)61-31-27-43(11)23-15-19-39(5)6/h33-44H,13-32H2,1-12H3. The molecule has 4 unspecified atom stereocenters. The van der Waals surface area contributed by atoms with Gasteiger partial charge in [-0.25, -0.2) is 0 Å². The highest BCUT2D eigenvalue weighted by Crippen LogP contribution is 2.55. The van der Waals surface area contributed by atoms with E-state index in [1.165, 1.54) is 77.0 Å². The maximum Gasteiger partial charge on any atom is 0.169 e. The van der Waals surface area contributed by atoms with Gasteiger partial charge in [0.05, 0.1) is 26.4 Å². The average molecular weight is 985 g/mol. The molecule has 0 spiro atoms. The molecule has 4 rings (SSSR count). The number of halogens is 2. The normalized spacial score (nSPS) is 14.3. The van der Waals surface area contributed by atoms with E-state index < -0.39 is 0 Å². The minimum absolute atomic E-state index is 0.590. The summed E-state index contributed by atoms with van der Waals surface area (Å²) in [5.41, 5.74) is 0. The summed E-state index contributed by atoms with van der Waals surface area (Å²) in [5, 5.41) is 6.60. The largest absolute Gasteiger partial charge is 0.489 e. The van der Waals surface area contributed by atoms with Crippen molar-refractivity contribution in [1.82, 2.24) is 0 Å². The molecule has 0 radical (unpaired) electrons. The number of benzene rings is 4. The highest BCUT2D eigenvalue weighted by Gasteiger charge is 2.28. The predicted octanol–water partition coefficient (Wildman–Crippen LogP) is 19.0. The Morgan fingerprint density at radius 3 is 0.726 bits per heavy atom. The van der Waals surface area contributed by atoms with E-state index in [-0.39, 0.29) is 0 Å². The van der Waals surface area contributed by atoms with Crippen LogP contribution < -0.4 is 18.9 Å². The van der Waals surface area contributed by atoms with Gasteiger partial charge in [0, 0.05) is 41.3 Å². The summed E-state index contributed by atoms with van der Waals surface area (Å²) < 4.78 is 30.1. The fraction of sp³-hybridized carbons (Fsp3) is 0.714. The lowest BCUT2D eigenvalue weighted by Crippen LogP contribution is -2.11. The van der Waals surface area contributed by atoms with E-state index in [1.54, 1.807) is 0 Å². The minimum atomic E-state index is 0.590. The van der Waals surface area contributed by atoms with Gasteiger partial charge in [-0.1, -0.05) is 192 Å². The van der Waals surface area contributed by atoms with Crippen LogP contribution >= 0.6 is 31.9 Å². The third-order valence-electron chi connectivity index (χ3n) is 13.2. The molecule has 4 aromatic rings. The van der Waals surface area contributed by atoms with E-state index in [0.717, 1.165) is 114 Å². The predicted molar refractivity (Wildman–Crippen MR) is 277 cm³/mol. The lowest BCUT2D eigenvalue weighted by atomic mass is 9.91. The maximum atomic E-state index is 7.04. The summed E-state index contributed by atoms with van der Waals surface area (Å²) >= 11 is 7.96. The molecule has 0 saturated carbocycles. The summed E-state index contributed by atoms with van der Waals surface area (Å²) in [5.74, 6) is 8.71. The van der Waals surface area contributed by atoms with Crippen molar-refractivity contribution in [3.8, 4) is 23.0 Å². The van der Waals surface area contributed by atoms with Crippen LogP contribution in [0.1, 0.15) is 186 Å². The van der Waals surface area contributed by atoms with Crippen molar-refractivity contribution >= 4 is 64.2 Å². The van der Waals surface area contributed by atoms with Crippen LogP contribution in [0.5, 0.6) is 23.0 Å². The second-order valence-corrected chi connectivity index (χ2v) is 23.2. The van der Waals surface area contributed by atoms with Gasteiger partial charge in [-0.3, -0.25) is 0 Å². The number of rotatable bonds is 32.